The van der Waals surface area contributed by atoms with Crippen molar-refractivity contribution in [1.82, 2.24) is 19.7 Å². The first-order valence-corrected chi connectivity index (χ1v) is 10.6. The SMILES string of the molecule is CCN(C)Cc1ccc(CC2CCN(C(=O)C3CCN(C)CC3)CC2)nc1. The summed E-state index contributed by atoms with van der Waals surface area (Å²) >= 11 is 0. The Bertz CT molecular complexity index is 587. The number of piperidine rings is 2. The molecular formula is C22H36N4O. The van der Waals surface area contributed by atoms with Gasteiger partial charge in [-0.15, -0.1) is 0 Å². The smallest absolute Gasteiger partial charge is 0.225 e. The molecule has 0 atom stereocenters. The van der Waals surface area contributed by atoms with Crippen LogP contribution in [0.1, 0.15) is 43.9 Å². The Kier molecular flexibility index (Phi) is 7.25. The van der Waals surface area contributed by atoms with Gasteiger partial charge >= 0.3 is 0 Å². The number of aromatic nitrogens is 1. The molecule has 2 aliphatic heterocycles. The second-order valence-electron chi connectivity index (χ2n) is 8.54. The molecule has 3 rings (SSSR count). The summed E-state index contributed by atoms with van der Waals surface area (Å²) < 4.78 is 0. The van der Waals surface area contributed by atoms with Crippen molar-refractivity contribution in [1.29, 1.82) is 0 Å². The van der Waals surface area contributed by atoms with E-state index in [4.69, 9.17) is 0 Å². The van der Waals surface area contributed by atoms with Crippen molar-refractivity contribution in [2.45, 2.75) is 45.6 Å². The molecule has 0 radical (unpaired) electrons. The molecule has 2 aliphatic rings. The zero-order valence-electron chi connectivity index (χ0n) is 17.4. The lowest BCUT2D eigenvalue weighted by Crippen LogP contribution is -2.45. The van der Waals surface area contributed by atoms with Gasteiger partial charge in [0.05, 0.1) is 0 Å². The first-order chi connectivity index (χ1) is 13.0. The third-order valence-electron chi connectivity index (χ3n) is 6.37. The van der Waals surface area contributed by atoms with Crippen LogP contribution >= 0.6 is 0 Å². The lowest BCUT2D eigenvalue weighted by molar-refractivity contribution is -0.138. The van der Waals surface area contributed by atoms with Gasteiger partial charge in [0.1, 0.15) is 0 Å². The molecule has 5 heteroatoms. The number of carbonyl (C=O) groups excluding carboxylic acids is 1. The molecule has 3 heterocycles. The zero-order valence-corrected chi connectivity index (χ0v) is 17.4. The first-order valence-electron chi connectivity index (χ1n) is 10.6. The molecule has 0 saturated carbocycles. The fourth-order valence-electron chi connectivity index (χ4n) is 4.26. The summed E-state index contributed by atoms with van der Waals surface area (Å²) in [5, 5.41) is 0. The second kappa shape index (κ2) is 9.65. The van der Waals surface area contributed by atoms with Crippen molar-refractivity contribution in [3.05, 3.63) is 29.6 Å². The van der Waals surface area contributed by atoms with Crippen molar-refractivity contribution in [2.24, 2.45) is 11.8 Å². The number of nitrogens with zero attached hydrogens (tertiary/aromatic N) is 4. The Labute approximate surface area is 164 Å². The molecule has 2 saturated heterocycles. The monoisotopic (exact) mass is 372 g/mol. The number of hydrogen-bond acceptors (Lipinski definition) is 4. The predicted molar refractivity (Wildman–Crippen MR) is 109 cm³/mol. The van der Waals surface area contributed by atoms with Gasteiger partial charge in [-0.3, -0.25) is 9.78 Å². The topological polar surface area (TPSA) is 39.7 Å². The second-order valence-corrected chi connectivity index (χ2v) is 8.54. The van der Waals surface area contributed by atoms with Crippen LogP contribution in [0.2, 0.25) is 0 Å². The molecule has 2 fully saturated rings. The van der Waals surface area contributed by atoms with Gasteiger partial charge in [-0.1, -0.05) is 13.0 Å². The lowest BCUT2D eigenvalue weighted by atomic mass is 9.89. The molecule has 0 bridgehead atoms. The average Bonchev–Trinajstić information content (AvgIpc) is 2.70. The maximum absolute atomic E-state index is 12.8. The van der Waals surface area contributed by atoms with Gasteiger partial charge in [0.15, 0.2) is 0 Å². The van der Waals surface area contributed by atoms with Gasteiger partial charge in [-0.05, 0) is 83.4 Å². The molecule has 0 aromatic carbocycles. The van der Waals surface area contributed by atoms with Crippen molar-refractivity contribution in [2.75, 3.05) is 46.8 Å². The van der Waals surface area contributed by atoms with E-state index in [0.29, 0.717) is 11.8 Å². The number of amides is 1. The Hall–Kier alpha value is -1.46. The summed E-state index contributed by atoms with van der Waals surface area (Å²) in [7, 11) is 4.28. The maximum Gasteiger partial charge on any atom is 0.225 e. The Balaban J connectivity index is 1.43. The summed E-state index contributed by atoms with van der Waals surface area (Å²) in [6, 6.07) is 4.40. The third kappa shape index (κ3) is 5.76. The van der Waals surface area contributed by atoms with Crippen LogP contribution in [0.15, 0.2) is 18.3 Å². The summed E-state index contributed by atoms with van der Waals surface area (Å²) in [5.74, 6) is 1.32. The largest absolute Gasteiger partial charge is 0.342 e. The maximum atomic E-state index is 12.8. The van der Waals surface area contributed by atoms with E-state index in [1.165, 1.54) is 11.3 Å². The van der Waals surface area contributed by atoms with Crippen LogP contribution < -0.4 is 0 Å². The molecule has 0 N–H and O–H groups in total. The highest BCUT2D eigenvalue weighted by molar-refractivity contribution is 5.79. The van der Waals surface area contributed by atoms with Gasteiger partial charge in [0, 0.05) is 37.4 Å². The quantitative estimate of drug-likeness (QED) is 0.770. The van der Waals surface area contributed by atoms with Gasteiger partial charge in [-0.25, -0.2) is 0 Å². The molecule has 0 aliphatic carbocycles. The Morgan fingerprint density at radius 3 is 2.44 bits per heavy atom. The first kappa shape index (κ1) is 20.3. The van der Waals surface area contributed by atoms with Crippen LogP contribution in [0.4, 0.5) is 0 Å². The lowest BCUT2D eigenvalue weighted by Gasteiger charge is -2.36. The molecule has 0 spiro atoms. The van der Waals surface area contributed by atoms with Crippen molar-refractivity contribution in [3.8, 4) is 0 Å². The van der Waals surface area contributed by atoms with Crippen molar-refractivity contribution in [3.63, 3.8) is 0 Å². The number of pyridine rings is 1. The molecule has 1 aromatic heterocycles. The highest BCUT2D eigenvalue weighted by Crippen LogP contribution is 2.25. The number of carbonyl (C=O) groups is 1. The van der Waals surface area contributed by atoms with Crippen LogP contribution in [0.5, 0.6) is 0 Å². The standard InChI is InChI=1S/C22H36N4O/c1-4-24(2)17-19-5-6-21(23-16-19)15-18-7-13-26(14-8-18)22(27)20-9-11-25(3)12-10-20/h5-6,16,18,20H,4,7-15,17H2,1-3H3. The van der Waals surface area contributed by atoms with E-state index in [9.17, 15) is 4.79 Å². The summed E-state index contributed by atoms with van der Waals surface area (Å²) in [5.41, 5.74) is 2.47. The Morgan fingerprint density at radius 1 is 1.15 bits per heavy atom. The number of hydrogen-bond donors (Lipinski definition) is 0. The fraction of sp³-hybridized carbons (Fsp3) is 0.727. The van der Waals surface area contributed by atoms with Crippen molar-refractivity contribution >= 4 is 5.91 Å². The van der Waals surface area contributed by atoms with E-state index in [1.807, 2.05) is 6.20 Å². The molecule has 1 aromatic rings. The normalized spacial score (nSPS) is 20.4. The van der Waals surface area contributed by atoms with Crippen molar-refractivity contribution < 1.29 is 4.79 Å². The minimum absolute atomic E-state index is 0.258. The van der Waals surface area contributed by atoms with E-state index >= 15 is 0 Å². The zero-order chi connectivity index (χ0) is 19.2. The molecule has 0 unspecified atom stereocenters. The van der Waals surface area contributed by atoms with Gasteiger partial charge < -0.3 is 14.7 Å². The average molecular weight is 373 g/mol. The Morgan fingerprint density at radius 2 is 1.85 bits per heavy atom. The summed E-state index contributed by atoms with van der Waals surface area (Å²) in [6.07, 6.45) is 7.35. The minimum Gasteiger partial charge on any atom is -0.342 e. The molecule has 5 nitrogen and oxygen atoms in total. The minimum atomic E-state index is 0.258. The number of likely N-dealkylation sites (tertiary alicyclic amines) is 2. The van der Waals surface area contributed by atoms with E-state index < -0.39 is 0 Å². The van der Waals surface area contributed by atoms with E-state index in [0.717, 1.165) is 71.4 Å². The van der Waals surface area contributed by atoms with Crippen LogP contribution in [-0.2, 0) is 17.8 Å². The molecule has 150 valence electrons. The van der Waals surface area contributed by atoms with Gasteiger partial charge in [0.2, 0.25) is 5.91 Å². The van der Waals surface area contributed by atoms with Crippen LogP contribution in [0, 0.1) is 11.8 Å². The molecule has 27 heavy (non-hydrogen) atoms. The van der Waals surface area contributed by atoms with E-state index in [2.05, 4.69) is 52.8 Å². The van der Waals surface area contributed by atoms with Gasteiger partial charge in [0.25, 0.3) is 0 Å². The number of rotatable bonds is 6. The summed E-state index contributed by atoms with van der Waals surface area (Å²) in [4.78, 5) is 24.2. The summed E-state index contributed by atoms with van der Waals surface area (Å²) in [6.45, 7) is 8.15. The highest BCUT2D eigenvalue weighted by atomic mass is 16.2. The van der Waals surface area contributed by atoms with E-state index in [1.54, 1.807) is 0 Å². The van der Waals surface area contributed by atoms with Crippen LogP contribution in [0.25, 0.3) is 0 Å². The highest BCUT2D eigenvalue weighted by Gasteiger charge is 2.30. The fourth-order valence-corrected chi connectivity index (χ4v) is 4.26. The van der Waals surface area contributed by atoms with Gasteiger partial charge in [-0.2, -0.15) is 0 Å². The van der Waals surface area contributed by atoms with E-state index in [-0.39, 0.29) is 5.92 Å². The molecule has 1 amide bonds. The van der Waals surface area contributed by atoms with Crippen LogP contribution in [0.3, 0.4) is 0 Å². The third-order valence-corrected chi connectivity index (χ3v) is 6.37. The predicted octanol–water partition coefficient (Wildman–Crippen LogP) is 2.66. The molecular weight excluding hydrogens is 336 g/mol. The van der Waals surface area contributed by atoms with Crippen LogP contribution in [-0.4, -0.2) is 72.4 Å².